The van der Waals surface area contributed by atoms with E-state index in [4.69, 9.17) is 0 Å². The van der Waals surface area contributed by atoms with Crippen LogP contribution in [-0.2, 0) is 17.8 Å². The van der Waals surface area contributed by atoms with Gasteiger partial charge in [0, 0.05) is 43.8 Å². The smallest absolute Gasteiger partial charge is 0.242 e. The van der Waals surface area contributed by atoms with Crippen molar-refractivity contribution in [1.82, 2.24) is 20.5 Å². The van der Waals surface area contributed by atoms with Crippen LogP contribution in [0.3, 0.4) is 0 Å². The molecule has 0 fully saturated rings. The van der Waals surface area contributed by atoms with Crippen LogP contribution in [0, 0.1) is 5.82 Å². The summed E-state index contributed by atoms with van der Waals surface area (Å²) in [6, 6.07) is 14.7. The van der Waals surface area contributed by atoms with Gasteiger partial charge in [0.05, 0.1) is 6.54 Å². The van der Waals surface area contributed by atoms with Crippen molar-refractivity contribution in [1.29, 1.82) is 0 Å². The number of carbonyl (C=O) groups excluding carboxylic acids is 1. The van der Waals surface area contributed by atoms with Gasteiger partial charge in [0.25, 0.3) is 0 Å². The van der Waals surface area contributed by atoms with E-state index in [1.165, 1.54) is 12.1 Å². The molecule has 0 atom stereocenters. The normalized spacial score (nSPS) is 11.5. The maximum atomic E-state index is 13.3. The Morgan fingerprint density at radius 2 is 1.97 bits per heavy atom. The summed E-state index contributed by atoms with van der Waals surface area (Å²) >= 11 is 0. The number of halogens is 1. The van der Waals surface area contributed by atoms with Crippen LogP contribution in [0.4, 0.5) is 4.39 Å². The highest BCUT2D eigenvalue weighted by Crippen LogP contribution is 2.19. The molecule has 0 aliphatic heterocycles. The van der Waals surface area contributed by atoms with Crippen molar-refractivity contribution < 1.29 is 9.18 Å². The molecule has 0 saturated heterocycles. The summed E-state index contributed by atoms with van der Waals surface area (Å²) in [5.74, 6) is 0.338. The zero-order chi connectivity index (χ0) is 21.3. The van der Waals surface area contributed by atoms with Crippen molar-refractivity contribution in [2.45, 2.75) is 19.9 Å². The highest BCUT2D eigenvalue weighted by molar-refractivity contribution is 5.86. The van der Waals surface area contributed by atoms with Crippen LogP contribution < -0.4 is 10.6 Å². The van der Waals surface area contributed by atoms with Gasteiger partial charge in [-0.15, -0.1) is 0 Å². The monoisotopic (exact) mass is 409 g/mol. The van der Waals surface area contributed by atoms with Gasteiger partial charge in [0.15, 0.2) is 5.96 Å². The summed E-state index contributed by atoms with van der Waals surface area (Å²) in [5, 5.41) is 7.32. The van der Waals surface area contributed by atoms with Crippen molar-refractivity contribution in [3.63, 3.8) is 0 Å². The minimum absolute atomic E-state index is 0.0166. The van der Waals surface area contributed by atoms with Crippen LogP contribution in [0.1, 0.15) is 18.1 Å². The average Bonchev–Trinajstić information content (AvgIpc) is 3.16. The summed E-state index contributed by atoms with van der Waals surface area (Å²) in [6.45, 7) is 4.01. The Morgan fingerprint density at radius 1 is 1.17 bits per heavy atom. The SMILES string of the molecule is CCN(Cc1ccccc1)C(=O)CNC(=NC)NCCc1c[nH]c2cc(F)ccc12. The molecule has 0 aliphatic rings. The van der Waals surface area contributed by atoms with Gasteiger partial charge in [0.2, 0.25) is 5.91 Å². The summed E-state index contributed by atoms with van der Waals surface area (Å²) in [4.78, 5) is 21.7. The molecular weight excluding hydrogens is 381 g/mol. The number of rotatable bonds is 8. The van der Waals surface area contributed by atoms with E-state index in [0.717, 1.165) is 28.5 Å². The number of H-pyrrole nitrogens is 1. The molecule has 158 valence electrons. The standard InChI is InChI=1S/C23H28FN5O/c1-3-29(16-17-7-5-4-6-8-17)22(30)15-28-23(25-2)26-12-11-18-14-27-21-13-19(24)9-10-20(18)21/h4-10,13-14,27H,3,11-12,15-16H2,1-2H3,(H2,25,26,28). The number of hydrogen-bond acceptors (Lipinski definition) is 2. The second-order valence-corrected chi connectivity index (χ2v) is 7.00. The van der Waals surface area contributed by atoms with Crippen molar-refractivity contribution in [3.05, 3.63) is 71.7 Å². The zero-order valence-corrected chi connectivity index (χ0v) is 17.4. The molecule has 1 amide bonds. The van der Waals surface area contributed by atoms with Crippen LogP contribution in [0.5, 0.6) is 0 Å². The number of carbonyl (C=O) groups is 1. The van der Waals surface area contributed by atoms with Gasteiger partial charge in [-0.25, -0.2) is 4.39 Å². The number of aromatic nitrogens is 1. The van der Waals surface area contributed by atoms with Gasteiger partial charge in [-0.2, -0.15) is 0 Å². The Kier molecular flexibility index (Phi) is 7.43. The molecule has 0 aliphatic carbocycles. The number of likely N-dealkylation sites (N-methyl/N-ethyl adjacent to an activating group) is 1. The molecule has 0 bridgehead atoms. The number of hydrogen-bond donors (Lipinski definition) is 3. The lowest BCUT2D eigenvalue weighted by molar-refractivity contribution is -0.130. The Morgan fingerprint density at radius 3 is 2.70 bits per heavy atom. The van der Waals surface area contributed by atoms with E-state index in [0.29, 0.717) is 25.6 Å². The van der Waals surface area contributed by atoms with Gasteiger partial charge >= 0.3 is 0 Å². The summed E-state index contributed by atoms with van der Waals surface area (Å²) in [5.41, 5.74) is 2.99. The molecular formula is C23H28FN5O. The molecule has 0 unspecified atom stereocenters. The first kappa shape index (κ1) is 21.4. The van der Waals surface area contributed by atoms with E-state index in [9.17, 15) is 9.18 Å². The first-order valence-electron chi connectivity index (χ1n) is 10.1. The van der Waals surface area contributed by atoms with Crippen LogP contribution in [-0.4, -0.2) is 48.4 Å². The number of fused-ring (bicyclic) bond motifs is 1. The van der Waals surface area contributed by atoms with Crippen molar-refractivity contribution >= 4 is 22.8 Å². The third kappa shape index (κ3) is 5.59. The molecule has 3 aromatic rings. The van der Waals surface area contributed by atoms with E-state index in [1.54, 1.807) is 18.0 Å². The molecule has 0 spiro atoms. The number of nitrogens with one attached hydrogen (secondary N) is 3. The molecule has 3 rings (SSSR count). The predicted octanol–water partition coefficient (Wildman–Crippen LogP) is 3.06. The molecule has 3 N–H and O–H groups in total. The van der Waals surface area contributed by atoms with E-state index < -0.39 is 0 Å². The Balaban J connectivity index is 1.47. The summed E-state index contributed by atoms with van der Waals surface area (Å²) in [7, 11) is 1.68. The van der Waals surface area contributed by atoms with Crippen LogP contribution in [0.25, 0.3) is 10.9 Å². The molecule has 1 aromatic heterocycles. The molecule has 6 nitrogen and oxygen atoms in total. The highest BCUT2D eigenvalue weighted by Gasteiger charge is 2.13. The fourth-order valence-corrected chi connectivity index (χ4v) is 3.35. The van der Waals surface area contributed by atoms with Gasteiger partial charge < -0.3 is 20.5 Å². The maximum Gasteiger partial charge on any atom is 0.242 e. The number of aliphatic imine (C=N–C) groups is 1. The predicted molar refractivity (Wildman–Crippen MR) is 119 cm³/mol. The van der Waals surface area contributed by atoms with Gasteiger partial charge in [0.1, 0.15) is 5.82 Å². The zero-order valence-electron chi connectivity index (χ0n) is 17.4. The molecule has 0 radical (unpaired) electrons. The molecule has 1 heterocycles. The lowest BCUT2D eigenvalue weighted by atomic mass is 10.1. The number of nitrogens with zero attached hydrogens (tertiary/aromatic N) is 2. The largest absolute Gasteiger partial charge is 0.361 e. The highest BCUT2D eigenvalue weighted by atomic mass is 19.1. The molecule has 30 heavy (non-hydrogen) atoms. The van der Waals surface area contributed by atoms with Crippen molar-refractivity contribution in [2.24, 2.45) is 4.99 Å². The second-order valence-electron chi connectivity index (χ2n) is 7.00. The molecule has 2 aromatic carbocycles. The topological polar surface area (TPSA) is 72.5 Å². The van der Waals surface area contributed by atoms with Crippen molar-refractivity contribution in [3.8, 4) is 0 Å². The summed E-state index contributed by atoms with van der Waals surface area (Å²) in [6.07, 6.45) is 2.64. The molecule has 7 heteroatoms. The van der Waals surface area contributed by atoms with Gasteiger partial charge in [-0.1, -0.05) is 30.3 Å². The lowest BCUT2D eigenvalue weighted by Gasteiger charge is -2.22. The van der Waals surface area contributed by atoms with E-state index in [-0.39, 0.29) is 18.3 Å². The first-order chi connectivity index (χ1) is 14.6. The van der Waals surface area contributed by atoms with E-state index in [2.05, 4.69) is 20.6 Å². The summed E-state index contributed by atoms with van der Waals surface area (Å²) < 4.78 is 13.3. The minimum Gasteiger partial charge on any atom is -0.361 e. The van der Waals surface area contributed by atoms with E-state index in [1.807, 2.05) is 43.5 Å². The van der Waals surface area contributed by atoms with Gasteiger partial charge in [-0.3, -0.25) is 9.79 Å². The fraction of sp³-hybridized carbons (Fsp3) is 0.304. The molecule has 0 saturated carbocycles. The van der Waals surface area contributed by atoms with Crippen molar-refractivity contribution in [2.75, 3.05) is 26.7 Å². The van der Waals surface area contributed by atoms with E-state index >= 15 is 0 Å². The van der Waals surface area contributed by atoms with Crippen LogP contribution in [0.15, 0.2) is 59.7 Å². The Bertz CT molecular complexity index is 999. The minimum atomic E-state index is -0.253. The average molecular weight is 410 g/mol. The number of aromatic amines is 1. The number of benzene rings is 2. The quantitative estimate of drug-likeness (QED) is 0.396. The Labute approximate surface area is 176 Å². The third-order valence-corrected chi connectivity index (χ3v) is 5.00. The second kappa shape index (κ2) is 10.4. The first-order valence-corrected chi connectivity index (χ1v) is 10.1. The van der Waals surface area contributed by atoms with Crippen LogP contribution in [0.2, 0.25) is 0 Å². The fourth-order valence-electron chi connectivity index (χ4n) is 3.35. The lowest BCUT2D eigenvalue weighted by Crippen LogP contribution is -2.44. The van der Waals surface area contributed by atoms with Crippen LogP contribution >= 0.6 is 0 Å². The maximum absolute atomic E-state index is 13.3. The Hall–Kier alpha value is -3.35. The third-order valence-electron chi connectivity index (χ3n) is 5.00. The van der Waals surface area contributed by atoms with Gasteiger partial charge in [-0.05, 0) is 42.7 Å². The number of amides is 1. The number of guanidine groups is 1.